The van der Waals surface area contributed by atoms with Crippen molar-refractivity contribution >= 4 is 26.0 Å². The average molecular weight is 422 g/mol. The predicted octanol–water partition coefficient (Wildman–Crippen LogP) is 3.58. The highest BCUT2D eigenvalue weighted by atomic mass is 79.9. The monoisotopic (exact) mass is 421 g/mol. The number of ether oxygens (including phenoxy) is 1. The van der Waals surface area contributed by atoms with Gasteiger partial charge in [-0.25, -0.2) is 12.4 Å². The lowest BCUT2D eigenvalue weighted by atomic mass is 10.1. The predicted molar refractivity (Wildman–Crippen MR) is 98.2 cm³/mol. The van der Waals surface area contributed by atoms with Gasteiger partial charge in [-0.1, -0.05) is 30.3 Å². The van der Waals surface area contributed by atoms with Crippen LogP contribution in [0.4, 0.5) is 0 Å². The third-order valence-electron chi connectivity index (χ3n) is 3.79. The van der Waals surface area contributed by atoms with Crippen molar-refractivity contribution in [3.8, 4) is 5.75 Å². The van der Waals surface area contributed by atoms with E-state index in [1.807, 2.05) is 0 Å². The van der Waals surface area contributed by atoms with Crippen LogP contribution >= 0.6 is 15.9 Å². The first-order chi connectivity index (χ1) is 11.9. The fourth-order valence-electron chi connectivity index (χ4n) is 2.50. The van der Waals surface area contributed by atoms with Crippen LogP contribution in [0, 0.1) is 0 Å². The topological polar surface area (TPSA) is 68.5 Å². The molecule has 0 saturated heterocycles. The van der Waals surface area contributed by atoms with E-state index in [-0.39, 0.29) is 10.6 Å². The van der Waals surface area contributed by atoms with Gasteiger partial charge in [0.25, 0.3) is 10.0 Å². The molecule has 1 aromatic heterocycles. The van der Waals surface area contributed by atoms with Gasteiger partial charge in [0.05, 0.1) is 17.7 Å². The van der Waals surface area contributed by atoms with E-state index >= 15 is 0 Å². The molecule has 1 atom stereocenters. The summed E-state index contributed by atoms with van der Waals surface area (Å²) >= 11 is 3.30. The van der Waals surface area contributed by atoms with E-state index in [2.05, 4.69) is 15.9 Å². The van der Waals surface area contributed by atoms with Crippen LogP contribution in [0.3, 0.4) is 0 Å². The van der Waals surface area contributed by atoms with Crippen LogP contribution in [0.5, 0.6) is 5.75 Å². The van der Waals surface area contributed by atoms with Crippen LogP contribution in [0.15, 0.2) is 76.2 Å². The summed E-state index contributed by atoms with van der Waals surface area (Å²) in [7, 11) is -2.26. The summed E-state index contributed by atoms with van der Waals surface area (Å²) < 4.78 is 32.6. The molecule has 2 aromatic carbocycles. The second kappa shape index (κ2) is 7.03. The first-order valence-electron chi connectivity index (χ1n) is 7.44. The molecule has 1 N–H and O–H groups in total. The van der Waals surface area contributed by atoms with Gasteiger partial charge in [-0.05, 0) is 51.8 Å². The van der Waals surface area contributed by atoms with E-state index in [1.165, 1.54) is 18.3 Å². The lowest BCUT2D eigenvalue weighted by molar-refractivity contribution is 0.214. The van der Waals surface area contributed by atoms with Gasteiger partial charge in [0.1, 0.15) is 11.9 Å². The van der Waals surface area contributed by atoms with Crippen molar-refractivity contribution in [3.05, 3.63) is 82.6 Å². The molecular formula is C18H16BrNO4S. The van der Waals surface area contributed by atoms with Crippen LogP contribution in [0.1, 0.15) is 17.4 Å². The van der Waals surface area contributed by atoms with E-state index in [0.29, 0.717) is 15.8 Å². The first-order valence-corrected chi connectivity index (χ1v) is 9.67. The van der Waals surface area contributed by atoms with Crippen molar-refractivity contribution in [2.45, 2.75) is 11.0 Å². The lowest BCUT2D eigenvalue weighted by Gasteiger charge is -2.16. The molecule has 0 amide bonds. The zero-order valence-corrected chi connectivity index (χ0v) is 15.7. The van der Waals surface area contributed by atoms with Crippen molar-refractivity contribution in [2.24, 2.45) is 0 Å². The van der Waals surface area contributed by atoms with Gasteiger partial charge >= 0.3 is 0 Å². The number of aliphatic hydroxyl groups is 1. The Morgan fingerprint density at radius 3 is 2.32 bits per heavy atom. The lowest BCUT2D eigenvalue weighted by Crippen LogP contribution is -2.17. The first kappa shape index (κ1) is 17.7. The van der Waals surface area contributed by atoms with Crippen LogP contribution in [0.25, 0.3) is 0 Å². The summed E-state index contributed by atoms with van der Waals surface area (Å²) in [4.78, 5) is 0.154. The smallest absolute Gasteiger partial charge is 0.267 e. The summed E-state index contributed by atoms with van der Waals surface area (Å²) in [5, 5.41) is 10.7. The van der Waals surface area contributed by atoms with Gasteiger partial charge in [0.2, 0.25) is 0 Å². The molecule has 0 aliphatic rings. The number of rotatable bonds is 5. The van der Waals surface area contributed by atoms with Crippen molar-refractivity contribution in [2.75, 3.05) is 7.11 Å². The molecule has 7 heteroatoms. The number of benzene rings is 2. The number of halogens is 1. The molecule has 130 valence electrons. The molecule has 0 radical (unpaired) electrons. The Morgan fingerprint density at radius 1 is 1.08 bits per heavy atom. The van der Waals surface area contributed by atoms with Gasteiger partial charge < -0.3 is 9.84 Å². The maximum Gasteiger partial charge on any atom is 0.267 e. The van der Waals surface area contributed by atoms with Gasteiger partial charge in [0.15, 0.2) is 0 Å². The van der Waals surface area contributed by atoms with Crippen molar-refractivity contribution in [1.82, 2.24) is 3.97 Å². The highest BCUT2D eigenvalue weighted by Crippen LogP contribution is 2.30. The van der Waals surface area contributed by atoms with E-state index in [0.717, 1.165) is 3.97 Å². The number of methoxy groups -OCH3 is 1. The van der Waals surface area contributed by atoms with Crippen molar-refractivity contribution in [3.63, 3.8) is 0 Å². The Labute approximate surface area is 154 Å². The minimum atomic E-state index is -3.81. The minimum absolute atomic E-state index is 0.154. The summed E-state index contributed by atoms with van der Waals surface area (Å²) in [6, 6.07) is 16.5. The van der Waals surface area contributed by atoms with Gasteiger partial charge in [-0.15, -0.1) is 0 Å². The second-order valence-electron chi connectivity index (χ2n) is 5.37. The van der Waals surface area contributed by atoms with Crippen LogP contribution in [-0.4, -0.2) is 24.6 Å². The molecule has 0 aliphatic carbocycles. The molecule has 0 spiro atoms. The summed E-state index contributed by atoms with van der Waals surface area (Å²) in [5.74, 6) is 0.657. The zero-order chi connectivity index (χ0) is 18.0. The quantitative estimate of drug-likeness (QED) is 0.683. The van der Waals surface area contributed by atoms with Crippen molar-refractivity contribution < 1.29 is 18.3 Å². The molecule has 0 aliphatic heterocycles. The minimum Gasteiger partial charge on any atom is -0.497 e. The normalized spacial score (nSPS) is 12.8. The Kier molecular flexibility index (Phi) is 4.99. The second-order valence-corrected chi connectivity index (χ2v) is 8.10. The SMILES string of the molecule is COc1ccc(C(O)c2cc(Br)cn2S(=O)(=O)c2ccccc2)cc1. The number of nitrogens with zero attached hydrogens (tertiary/aromatic N) is 1. The van der Waals surface area contributed by atoms with Crippen LogP contribution in [-0.2, 0) is 10.0 Å². The molecule has 25 heavy (non-hydrogen) atoms. The molecular weight excluding hydrogens is 406 g/mol. The van der Waals surface area contributed by atoms with Gasteiger partial charge in [0, 0.05) is 10.7 Å². The molecule has 0 bridgehead atoms. The Morgan fingerprint density at radius 2 is 1.72 bits per heavy atom. The molecule has 1 heterocycles. The number of aromatic nitrogens is 1. The van der Waals surface area contributed by atoms with Gasteiger partial charge in [-0.3, -0.25) is 0 Å². The summed E-state index contributed by atoms with van der Waals surface area (Å²) in [6.07, 6.45) is 0.334. The number of hydrogen-bond donors (Lipinski definition) is 1. The van der Waals surface area contributed by atoms with E-state index in [1.54, 1.807) is 55.6 Å². The van der Waals surface area contributed by atoms with Gasteiger partial charge in [-0.2, -0.15) is 0 Å². The molecule has 1 unspecified atom stereocenters. The van der Waals surface area contributed by atoms with Crippen LogP contribution in [0.2, 0.25) is 0 Å². The largest absolute Gasteiger partial charge is 0.497 e. The average Bonchev–Trinajstić information content (AvgIpc) is 3.04. The highest BCUT2D eigenvalue weighted by Gasteiger charge is 2.25. The summed E-state index contributed by atoms with van der Waals surface area (Å²) in [5.41, 5.74) is 0.816. The third kappa shape index (κ3) is 3.49. The maximum atomic E-state index is 12.9. The fourth-order valence-corrected chi connectivity index (χ4v) is 4.48. The highest BCUT2D eigenvalue weighted by molar-refractivity contribution is 9.10. The number of aliphatic hydroxyl groups excluding tert-OH is 1. The number of hydrogen-bond acceptors (Lipinski definition) is 4. The van der Waals surface area contributed by atoms with Crippen molar-refractivity contribution in [1.29, 1.82) is 0 Å². The van der Waals surface area contributed by atoms with E-state index in [9.17, 15) is 13.5 Å². The Hall–Kier alpha value is -2.09. The standard InChI is InChI=1S/C18H16BrNO4S/c1-24-15-9-7-13(8-10-15)18(21)17-11-14(19)12-20(17)25(22,23)16-5-3-2-4-6-16/h2-12,18,21H,1H3. The molecule has 5 nitrogen and oxygen atoms in total. The summed E-state index contributed by atoms with van der Waals surface area (Å²) in [6.45, 7) is 0. The Bertz CT molecular complexity index is 966. The molecule has 0 saturated carbocycles. The zero-order valence-electron chi connectivity index (χ0n) is 13.3. The van der Waals surface area contributed by atoms with Crippen LogP contribution < -0.4 is 4.74 Å². The molecule has 3 rings (SSSR count). The van der Waals surface area contributed by atoms with E-state index < -0.39 is 16.1 Å². The maximum absolute atomic E-state index is 12.9. The third-order valence-corrected chi connectivity index (χ3v) is 5.93. The van der Waals surface area contributed by atoms with E-state index in [4.69, 9.17) is 4.74 Å². The molecule has 0 fully saturated rings. The fraction of sp³-hybridized carbons (Fsp3) is 0.111. The Balaban J connectivity index is 2.06. The molecule has 3 aromatic rings.